The number of carboxylic acids is 1. The molecule has 4 rings (SSSR count). The molecule has 25 heavy (non-hydrogen) atoms. The number of rotatable bonds is 3. The van der Waals surface area contributed by atoms with Crippen LogP contribution in [0.25, 0.3) is 28.0 Å². The van der Waals surface area contributed by atoms with Gasteiger partial charge >= 0.3 is 0 Å². The second-order valence-electron chi connectivity index (χ2n) is 5.61. The molecule has 0 N–H and O–H groups in total. The molecule has 0 aliphatic heterocycles. The lowest BCUT2D eigenvalue weighted by molar-refractivity contribution is -0.254. The van der Waals surface area contributed by atoms with Crippen LogP contribution < -0.4 is 5.11 Å². The van der Waals surface area contributed by atoms with Crippen molar-refractivity contribution in [1.29, 1.82) is 0 Å². The standard InChI is InChI=1S/C19H14N4O2/c1-12-17-15(19(24)25)11-16(13-7-9-20-10-8-13)21-18(17)23(22-12)14-5-3-2-4-6-14/h2-11H,1H3,(H,24,25)/p-1. The van der Waals surface area contributed by atoms with Gasteiger partial charge in [0.05, 0.1) is 28.4 Å². The number of pyridine rings is 2. The van der Waals surface area contributed by atoms with Crippen molar-refractivity contribution in [3.63, 3.8) is 0 Å². The van der Waals surface area contributed by atoms with Crippen molar-refractivity contribution in [2.24, 2.45) is 0 Å². The summed E-state index contributed by atoms with van der Waals surface area (Å²) < 4.78 is 1.65. The van der Waals surface area contributed by atoms with Gasteiger partial charge in [-0.2, -0.15) is 5.10 Å². The van der Waals surface area contributed by atoms with E-state index >= 15 is 0 Å². The Morgan fingerprint density at radius 1 is 1.08 bits per heavy atom. The number of fused-ring (bicyclic) bond motifs is 1. The van der Waals surface area contributed by atoms with Crippen LogP contribution >= 0.6 is 0 Å². The van der Waals surface area contributed by atoms with Crippen molar-refractivity contribution >= 4 is 17.0 Å². The van der Waals surface area contributed by atoms with E-state index in [1.807, 2.05) is 30.3 Å². The molecule has 0 saturated carbocycles. The van der Waals surface area contributed by atoms with Gasteiger partial charge in [0.2, 0.25) is 0 Å². The summed E-state index contributed by atoms with van der Waals surface area (Å²) in [5.41, 5.74) is 3.27. The van der Waals surface area contributed by atoms with Gasteiger partial charge in [-0.1, -0.05) is 18.2 Å². The van der Waals surface area contributed by atoms with Gasteiger partial charge in [-0.25, -0.2) is 9.67 Å². The molecule has 4 aromatic rings. The van der Waals surface area contributed by atoms with E-state index < -0.39 is 5.97 Å². The van der Waals surface area contributed by atoms with Crippen LogP contribution in [0.4, 0.5) is 0 Å². The number of carboxylic acid groups (broad SMARTS) is 1. The van der Waals surface area contributed by atoms with Crippen molar-refractivity contribution in [1.82, 2.24) is 19.7 Å². The first-order chi connectivity index (χ1) is 12.1. The van der Waals surface area contributed by atoms with Crippen LogP contribution in [0, 0.1) is 6.92 Å². The highest BCUT2D eigenvalue weighted by Crippen LogP contribution is 2.28. The maximum atomic E-state index is 11.7. The number of para-hydroxylation sites is 1. The normalized spacial score (nSPS) is 10.9. The molecule has 122 valence electrons. The lowest BCUT2D eigenvalue weighted by Gasteiger charge is -2.09. The average molecular weight is 329 g/mol. The van der Waals surface area contributed by atoms with E-state index in [2.05, 4.69) is 15.1 Å². The lowest BCUT2D eigenvalue weighted by Crippen LogP contribution is -2.23. The van der Waals surface area contributed by atoms with Gasteiger partial charge in [-0.05, 0) is 37.3 Å². The molecular weight excluding hydrogens is 316 g/mol. The minimum atomic E-state index is -1.25. The minimum absolute atomic E-state index is 0.0801. The van der Waals surface area contributed by atoms with Crippen molar-refractivity contribution in [3.05, 3.63) is 72.2 Å². The van der Waals surface area contributed by atoms with Crippen molar-refractivity contribution in [3.8, 4) is 16.9 Å². The van der Waals surface area contributed by atoms with E-state index in [-0.39, 0.29) is 5.56 Å². The number of carbonyl (C=O) groups is 1. The van der Waals surface area contributed by atoms with Crippen LogP contribution in [0.5, 0.6) is 0 Å². The third kappa shape index (κ3) is 2.53. The minimum Gasteiger partial charge on any atom is -0.545 e. The first-order valence-electron chi connectivity index (χ1n) is 7.72. The summed E-state index contributed by atoms with van der Waals surface area (Å²) >= 11 is 0. The number of aromatic carboxylic acids is 1. The highest BCUT2D eigenvalue weighted by Gasteiger charge is 2.17. The van der Waals surface area contributed by atoms with E-state index in [1.54, 1.807) is 36.1 Å². The average Bonchev–Trinajstić information content (AvgIpc) is 2.99. The Morgan fingerprint density at radius 2 is 1.80 bits per heavy atom. The predicted molar refractivity (Wildman–Crippen MR) is 91.2 cm³/mol. The predicted octanol–water partition coefficient (Wildman–Crippen LogP) is 2.15. The van der Waals surface area contributed by atoms with Gasteiger partial charge in [0.15, 0.2) is 5.65 Å². The van der Waals surface area contributed by atoms with Crippen LogP contribution in [0.3, 0.4) is 0 Å². The molecule has 0 radical (unpaired) electrons. The summed E-state index contributed by atoms with van der Waals surface area (Å²) in [6, 6.07) is 14.6. The number of aromatic nitrogens is 4. The largest absolute Gasteiger partial charge is 0.545 e. The van der Waals surface area contributed by atoms with Gasteiger partial charge in [-0.15, -0.1) is 0 Å². The van der Waals surface area contributed by atoms with Crippen LogP contribution in [0.15, 0.2) is 60.9 Å². The summed E-state index contributed by atoms with van der Waals surface area (Å²) in [7, 11) is 0. The van der Waals surface area contributed by atoms with Gasteiger partial charge < -0.3 is 9.90 Å². The first kappa shape index (κ1) is 15.0. The molecule has 0 fully saturated rings. The van der Waals surface area contributed by atoms with E-state index in [1.165, 1.54) is 6.07 Å². The third-order valence-electron chi connectivity index (χ3n) is 4.01. The molecule has 0 amide bonds. The number of carbonyl (C=O) groups excluding carboxylic acids is 1. The van der Waals surface area contributed by atoms with E-state index in [0.717, 1.165) is 11.3 Å². The maximum absolute atomic E-state index is 11.7. The molecular formula is C19H13N4O2-. The maximum Gasteiger partial charge on any atom is 0.164 e. The second-order valence-corrected chi connectivity index (χ2v) is 5.61. The molecule has 3 aromatic heterocycles. The number of hydrogen-bond donors (Lipinski definition) is 0. The monoisotopic (exact) mass is 329 g/mol. The van der Waals surface area contributed by atoms with Crippen LogP contribution in [-0.2, 0) is 0 Å². The fourth-order valence-corrected chi connectivity index (χ4v) is 2.87. The first-order valence-corrected chi connectivity index (χ1v) is 7.72. The van der Waals surface area contributed by atoms with E-state index in [9.17, 15) is 9.90 Å². The molecule has 0 unspecified atom stereocenters. The Bertz CT molecular complexity index is 1070. The summed E-state index contributed by atoms with van der Waals surface area (Å²) in [4.78, 5) is 20.4. The second kappa shape index (κ2) is 5.83. The Morgan fingerprint density at radius 3 is 2.48 bits per heavy atom. The van der Waals surface area contributed by atoms with Gasteiger partial charge in [0, 0.05) is 23.5 Å². The van der Waals surface area contributed by atoms with Crippen molar-refractivity contribution in [2.45, 2.75) is 6.92 Å². The molecule has 6 heteroatoms. The molecule has 0 bridgehead atoms. The number of benzene rings is 1. The summed E-state index contributed by atoms with van der Waals surface area (Å²) in [5, 5.41) is 16.7. The molecule has 0 aliphatic carbocycles. The molecule has 0 saturated heterocycles. The Hall–Kier alpha value is -3.54. The SMILES string of the molecule is Cc1nn(-c2ccccc2)c2nc(-c3ccncc3)cc(C(=O)[O-])c12. The van der Waals surface area contributed by atoms with E-state index in [0.29, 0.717) is 22.4 Å². The summed E-state index contributed by atoms with van der Waals surface area (Å²) in [6.07, 6.45) is 3.28. The fourth-order valence-electron chi connectivity index (χ4n) is 2.87. The fraction of sp³-hybridized carbons (Fsp3) is 0.0526. The molecule has 1 aromatic carbocycles. The summed E-state index contributed by atoms with van der Waals surface area (Å²) in [6.45, 7) is 1.77. The third-order valence-corrected chi connectivity index (χ3v) is 4.01. The zero-order valence-corrected chi connectivity index (χ0v) is 13.4. The van der Waals surface area contributed by atoms with Gasteiger partial charge in [-0.3, -0.25) is 4.98 Å². The molecule has 6 nitrogen and oxygen atoms in total. The Labute approximate surface area is 143 Å². The quantitative estimate of drug-likeness (QED) is 0.575. The van der Waals surface area contributed by atoms with Crippen molar-refractivity contribution in [2.75, 3.05) is 0 Å². The molecule has 0 atom stereocenters. The van der Waals surface area contributed by atoms with E-state index in [4.69, 9.17) is 0 Å². The highest BCUT2D eigenvalue weighted by molar-refractivity contribution is 6.03. The number of aryl methyl sites for hydroxylation is 1. The topological polar surface area (TPSA) is 83.7 Å². The zero-order chi connectivity index (χ0) is 17.4. The Kier molecular flexibility index (Phi) is 3.50. The molecule has 0 spiro atoms. The Balaban J connectivity index is 2.07. The van der Waals surface area contributed by atoms with Crippen LogP contribution in [-0.4, -0.2) is 25.7 Å². The van der Waals surface area contributed by atoms with Crippen LogP contribution in [0.1, 0.15) is 16.1 Å². The zero-order valence-electron chi connectivity index (χ0n) is 13.4. The van der Waals surface area contributed by atoms with Crippen molar-refractivity contribution < 1.29 is 9.90 Å². The van der Waals surface area contributed by atoms with Gasteiger partial charge in [0.1, 0.15) is 0 Å². The number of nitrogens with zero attached hydrogens (tertiary/aromatic N) is 4. The summed E-state index contributed by atoms with van der Waals surface area (Å²) in [5.74, 6) is -1.25. The smallest absolute Gasteiger partial charge is 0.164 e. The molecule has 0 aliphatic rings. The van der Waals surface area contributed by atoms with Crippen LogP contribution in [0.2, 0.25) is 0 Å². The highest BCUT2D eigenvalue weighted by atomic mass is 16.4. The molecule has 3 heterocycles. The number of hydrogen-bond acceptors (Lipinski definition) is 5. The van der Waals surface area contributed by atoms with Gasteiger partial charge in [0.25, 0.3) is 0 Å². The lowest BCUT2D eigenvalue weighted by atomic mass is 10.1.